The van der Waals surface area contributed by atoms with Crippen molar-refractivity contribution < 1.29 is 0 Å². The molecule has 1 aromatic carbocycles. The molecule has 0 atom stereocenters. The second-order valence-corrected chi connectivity index (χ2v) is 6.21. The summed E-state index contributed by atoms with van der Waals surface area (Å²) in [6, 6.07) is 7.28. The predicted molar refractivity (Wildman–Crippen MR) is 77.2 cm³/mol. The summed E-state index contributed by atoms with van der Waals surface area (Å²) in [5, 5.41) is 0. The Kier molecular flexibility index (Phi) is 4.10. The van der Waals surface area contributed by atoms with E-state index in [1.54, 1.807) is 0 Å². The Labute approximate surface area is 112 Å². The lowest BCUT2D eigenvalue weighted by molar-refractivity contribution is 0.607. The SMILES string of the molecule is CC(C)CN(c1cc(Br)cc(CN)c1)C1CC1. The number of nitrogens with two attached hydrogens (primary N) is 1. The summed E-state index contributed by atoms with van der Waals surface area (Å²) < 4.78 is 1.13. The summed E-state index contributed by atoms with van der Waals surface area (Å²) >= 11 is 3.58. The third-order valence-electron chi connectivity index (χ3n) is 3.06. The lowest BCUT2D eigenvalue weighted by Gasteiger charge is -2.27. The number of nitrogens with zero attached hydrogens (tertiary/aromatic N) is 1. The zero-order chi connectivity index (χ0) is 12.4. The van der Waals surface area contributed by atoms with Crippen LogP contribution in [0.4, 0.5) is 5.69 Å². The van der Waals surface area contributed by atoms with E-state index < -0.39 is 0 Å². The average Bonchev–Trinajstić information content (AvgIpc) is 3.08. The Morgan fingerprint density at radius 3 is 2.59 bits per heavy atom. The molecule has 0 bridgehead atoms. The first-order valence-electron chi connectivity index (χ1n) is 6.36. The van der Waals surface area contributed by atoms with Crippen LogP contribution in [0.2, 0.25) is 0 Å². The number of rotatable bonds is 5. The summed E-state index contributed by atoms with van der Waals surface area (Å²) in [7, 11) is 0. The molecule has 17 heavy (non-hydrogen) atoms. The molecular formula is C14H21BrN2. The molecule has 0 aromatic heterocycles. The van der Waals surface area contributed by atoms with E-state index >= 15 is 0 Å². The van der Waals surface area contributed by atoms with Crippen molar-refractivity contribution in [2.75, 3.05) is 11.4 Å². The van der Waals surface area contributed by atoms with Gasteiger partial charge < -0.3 is 10.6 Å². The molecule has 2 N–H and O–H groups in total. The van der Waals surface area contributed by atoms with Gasteiger partial charge in [-0.2, -0.15) is 0 Å². The molecule has 1 aliphatic rings. The molecule has 1 aromatic rings. The van der Waals surface area contributed by atoms with Crippen LogP contribution in [0.3, 0.4) is 0 Å². The Hall–Kier alpha value is -0.540. The summed E-state index contributed by atoms with van der Waals surface area (Å²) in [5.41, 5.74) is 8.26. The number of anilines is 1. The van der Waals surface area contributed by atoms with Crippen LogP contribution in [-0.4, -0.2) is 12.6 Å². The Morgan fingerprint density at radius 1 is 1.35 bits per heavy atom. The van der Waals surface area contributed by atoms with Gasteiger partial charge in [-0.3, -0.25) is 0 Å². The maximum Gasteiger partial charge on any atom is 0.0383 e. The number of benzene rings is 1. The van der Waals surface area contributed by atoms with Gasteiger partial charge in [0.1, 0.15) is 0 Å². The predicted octanol–water partition coefficient (Wildman–Crippen LogP) is 3.53. The molecule has 1 saturated carbocycles. The van der Waals surface area contributed by atoms with Crippen molar-refractivity contribution in [3.05, 3.63) is 28.2 Å². The van der Waals surface area contributed by atoms with Gasteiger partial charge in [0, 0.05) is 29.3 Å². The van der Waals surface area contributed by atoms with Gasteiger partial charge in [-0.15, -0.1) is 0 Å². The van der Waals surface area contributed by atoms with Gasteiger partial charge in [0.15, 0.2) is 0 Å². The number of hydrogen-bond acceptors (Lipinski definition) is 2. The van der Waals surface area contributed by atoms with Crippen LogP contribution in [0.25, 0.3) is 0 Å². The van der Waals surface area contributed by atoms with Crippen LogP contribution in [0.15, 0.2) is 22.7 Å². The first-order chi connectivity index (χ1) is 8.10. The maximum absolute atomic E-state index is 5.74. The van der Waals surface area contributed by atoms with Crippen molar-refractivity contribution in [1.29, 1.82) is 0 Å². The summed E-state index contributed by atoms with van der Waals surface area (Å²) in [4.78, 5) is 2.54. The highest BCUT2D eigenvalue weighted by atomic mass is 79.9. The molecule has 0 heterocycles. The van der Waals surface area contributed by atoms with Crippen LogP contribution < -0.4 is 10.6 Å². The Bertz CT molecular complexity index is 386. The molecule has 1 aliphatic carbocycles. The normalized spacial score (nSPS) is 15.4. The Morgan fingerprint density at radius 2 is 2.06 bits per heavy atom. The highest BCUT2D eigenvalue weighted by Crippen LogP contribution is 2.34. The van der Waals surface area contributed by atoms with Crippen molar-refractivity contribution in [2.45, 2.75) is 39.3 Å². The van der Waals surface area contributed by atoms with Crippen molar-refractivity contribution in [1.82, 2.24) is 0 Å². The third-order valence-corrected chi connectivity index (χ3v) is 3.52. The highest BCUT2D eigenvalue weighted by molar-refractivity contribution is 9.10. The summed E-state index contributed by atoms with van der Waals surface area (Å²) in [6.45, 7) is 6.28. The van der Waals surface area contributed by atoms with E-state index in [0.717, 1.165) is 17.1 Å². The van der Waals surface area contributed by atoms with E-state index in [0.29, 0.717) is 12.5 Å². The van der Waals surface area contributed by atoms with Crippen LogP contribution in [-0.2, 0) is 6.54 Å². The first-order valence-corrected chi connectivity index (χ1v) is 7.15. The van der Waals surface area contributed by atoms with Crippen LogP contribution in [0.1, 0.15) is 32.3 Å². The smallest absolute Gasteiger partial charge is 0.0383 e. The molecule has 2 rings (SSSR count). The molecule has 0 saturated heterocycles. The van der Waals surface area contributed by atoms with E-state index in [9.17, 15) is 0 Å². The minimum absolute atomic E-state index is 0.604. The number of halogens is 1. The van der Waals surface area contributed by atoms with E-state index in [1.165, 1.54) is 24.1 Å². The van der Waals surface area contributed by atoms with Crippen molar-refractivity contribution in [2.24, 2.45) is 11.7 Å². The fraction of sp³-hybridized carbons (Fsp3) is 0.571. The van der Waals surface area contributed by atoms with E-state index in [1.807, 2.05) is 0 Å². The van der Waals surface area contributed by atoms with Gasteiger partial charge in [-0.1, -0.05) is 29.8 Å². The second kappa shape index (κ2) is 5.40. The molecule has 0 amide bonds. The third kappa shape index (κ3) is 3.46. The van der Waals surface area contributed by atoms with Gasteiger partial charge >= 0.3 is 0 Å². The summed E-state index contributed by atoms with van der Waals surface area (Å²) in [5.74, 6) is 0.691. The van der Waals surface area contributed by atoms with Gasteiger partial charge in [0.25, 0.3) is 0 Å². The lowest BCUT2D eigenvalue weighted by Crippen LogP contribution is -2.29. The Balaban J connectivity index is 2.25. The van der Waals surface area contributed by atoms with E-state index in [4.69, 9.17) is 5.73 Å². The van der Waals surface area contributed by atoms with Crippen LogP contribution in [0, 0.1) is 5.92 Å². The zero-order valence-corrected chi connectivity index (χ0v) is 12.2. The molecule has 0 radical (unpaired) electrons. The molecule has 1 fully saturated rings. The quantitative estimate of drug-likeness (QED) is 0.901. The van der Waals surface area contributed by atoms with Gasteiger partial charge in [-0.05, 0) is 42.5 Å². The van der Waals surface area contributed by atoms with Gasteiger partial charge in [-0.25, -0.2) is 0 Å². The summed E-state index contributed by atoms with van der Waals surface area (Å²) in [6.07, 6.45) is 2.66. The van der Waals surface area contributed by atoms with Crippen LogP contribution in [0.5, 0.6) is 0 Å². The highest BCUT2D eigenvalue weighted by Gasteiger charge is 2.29. The van der Waals surface area contributed by atoms with Gasteiger partial charge in [0.2, 0.25) is 0 Å². The molecule has 2 nitrogen and oxygen atoms in total. The van der Waals surface area contributed by atoms with Crippen molar-refractivity contribution in [3.8, 4) is 0 Å². The van der Waals surface area contributed by atoms with E-state index in [-0.39, 0.29) is 0 Å². The fourth-order valence-electron chi connectivity index (χ4n) is 2.16. The first kappa shape index (κ1) is 12.9. The molecule has 3 heteroatoms. The van der Waals surface area contributed by atoms with Crippen molar-refractivity contribution in [3.63, 3.8) is 0 Å². The number of hydrogen-bond donors (Lipinski definition) is 1. The minimum Gasteiger partial charge on any atom is -0.368 e. The monoisotopic (exact) mass is 296 g/mol. The second-order valence-electron chi connectivity index (χ2n) is 5.30. The molecule has 94 valence electrons. The lowest BCUT2D eigenvalue weighted by atomic mass is 10.1. The largest absolute Gasteiger partial charge is 0.368 e. The maximum atomic E-state index is 5.74. The van der Waals surface area contributed by atoms with Crippen molar-refractivity contribution >= 4 is 21.6 Å². The molecule has 0 aliphatic heterocycles. The van der Waals surface area contributed by atoms with Crippen LogP contribution >= 0.6 is 15.9 Å². The van der Waals surface area contributed by atoms with Gasteiger partial charge in [0.05, 0.1) is 0 Å². The fourth-order valence-corrected chi connectivity index (χ4v) is 2.69. The topological polar surface area (TPSA) is 29.3 Å². The standard InChI is InChI=1S/C14H21BrN2/c1-10(2)9-17(13-3-4-13)14-6-11(8-16)5-12(15)7-14/h5-7,10,13H,3-4,8-9,16H2,1-2H3. The minimum atomic E-state index is 0.604. The zero-order valence-electron chi connectivity index (χ0n) is 10.6. The molecular weight excluding hydrogens is 276 g/mol. The molecule has 0 spiro atoms. The van der Waals surface area contributed by atoms with E-state index in [2.05, 4.69) is 52.9 Å². The molecule has 0 unspecified atom stereocenters. The average molecular weight is 297 g/mol.